The van der Waals surface area contributed by atoms with E-state index in [1.165, 1.54) is 4.90 Å². The van der Waals surface area contributed by atoms with E-state index in [-0.39, 0.29) is 6.03 Å². The minimum Gasteiger partial charge on any atom is -0.371 e. The fourth-order valence-corrected chi connectivity index (χ4v) is 3.10. The monoisotopic (exact) mass is 266 g/mol. The van der Waals surface area contributed by atoms with Crippen molar-refractivity contribution in [2.45, 2.75) is 30.5 Å². The van der Waals surface area contributed by atoms with E-state index < -0.39 is 11.8 Å². The molecule has 1 heterocycles. The van der Waals surface area contributed by atoms with Gasteiger partial charge in [0.1, 0.15) is 0 Å². The van der Waals surface area contributed by atoms with Crippen LogP contribution in [0.2, 0.25) is 0 Å². The third kappa shape index (κ3) is 2.20. The molecule has 0 aromatic heterocycles. The van der Waals surface area contributed by atoms with E-state index in [2.05, 4.69) is 0 Å². The number of rotatable bonds is 3. The van der Waals surface area contributed by atoms with E-state index in [1.54, 1.807) is 23.7 Å². The first-order valence-electron chi connectivity index (χ1n) is 5.85. The Bertz CT molecular complexity index is 436. The predicted molar refractivity (Wildman–Crippen MR) is 72.2 cm³/mol. The summed E-state index contributed by atoms with van der Waals surface area (Å²) >= 11 is 1.60. The third-order valence-electron chi connectivity index (χ3n) is 3.33. The van der Waals surface area contributed by atoms with Gasteiger partial charge in [0.15, 0.2) is 6.23 Å². The van der Waals surface area contributed by atoms with Crippen molar-refractivity contribution in [3.05, 3.63) is 30.3 Å². The Morgan fingerprint density at radius 2 is 1.94 bits per heavy atom. The minimum atomic E-state index is -0.763. The molecule has 1 atom stereocenters. The molecule has 1 unspecified atom stereocenters. The van der Waals surface area contributed by atoms with Crippen LogP contribution in [0.25, 0.3) is 0 Å². The van der Waals surface area contributed by atoms with Crippen LogP contribution in [0.4, 0.5) is 4.79 Å². The maximum absolute atomic E-state index is 12.0. The van der Waals surface area contributed by atoms with Gasteiger partial charge in [-0.25, -0.2) is 4.79 Å². The van der Waals surface area contributed by atoms with Gasteiger partial charge in [-0.15, -0.1) is 11.8 Å². The van der Waals surface area contributed by atoms with Crippen molar-refractivity contribution in [1.29, 1.82) is 0 Å². The zero-order chi connectivity index (χ0) is 13.3. The molecule has 2 rings (SSSR count). The summed E-state index contributed by atoms with van der Waals surface area (Å²) in [5.41, 5.74) is -0.562. The molecule has 1 N–H and O–H groups in total. The van der Waals surface area contributed by atoms with E-state index in [9.17, 15) is 9.90 Å². The Hall–Kier alpha value is -1.20. The zero-order valence-electron chi connectivity index (χ0n) is 10.8. The number of nitrogens with zero attached hydrogens (tertiary/aromatic N) is 2. The molecule has 1 aromatic carbocycles. The summed E-state index contributed by atoms with van der Waals surface area (Å²) in [5, 5.41) is 10.0. The Labute approximate surface area is 112 Å². The number of carbonyl (C=O) groups is 1. The van der Waals surface area contributed by atoms with Crippen LogP contribution in [0.1, 0.15) is 13.8 Å². The number of aliphatic hydroxyl groups excluding tert-OH is 1. The summed E-state index contributed by atoms with van der Waals surface area (Å²) in [6.45, 7) is 3.76. The largest absolute Gasteiger partial charge is 0.371 e. The number of amides is 2. The van der Waals surface area contributed by atoms with Crippen molar-refractivity contribution < 1.29 is 9.90 Å². The molecule has 0 radical (unpaired) electrons. The van der Waals surface area contributed by atoms with Crippen LogP contribution < -0.4 is 0 Å². The highest BCUT2D eigenvalue weighted by Crippen LogP contribution is 2.33. The summed E-state index contributed by atoms with van der Waals surface area (Å²) in [6.07, 6.45) is -0.763. The molecular weight excluding hydrogens is 248 g/mol. The van der Waals surface area contributed by atoms with Gasteiger partial charge in [0.05, 0.1) is 11.4 Å². The fourth-order valence-electron chi connectivity index (χ4n) is 2.03. The lowest BCUT2D eigenvalue weighted by Gasteiger charge is -2.31. The SMILES string of the molecule is CN1C(=O)N(CSc2ccccc2)C(C)(C)C1O. The van der Waals surface area contributed by atoms with Gasteiger partial charge in [-0.3, -0.25) is 4.90 Å². The van der Waals surface area contributed by atoms with Crippen molar-refractivity contribution in [3.63, 3.8) is 0 Å². The molecule has 5 heteroatoms. The van der Waals surface area contributed by atoms with Gasteiger partial charge in [0.25, 0.3) is 0 Å². The average Bonchev–Trinajstić information content (AvgIpc) is 2.50. The molecule has 0 saturated carbocycles. The summed E-state index contributed by atoms with van der Waals surface area (Å²) in [6, 6.07) is 9.81. The number of thioether (sulfide) groups is 1. The van der Waals surface area contributed by atoms with E-state index in [1.807, 2.05) is 44.2 Å². The minimum absolute atomic E-state index is 0.129. The van der Waals surface area contributed by atoms with Crippen LogP contribution in [0.3, 0.4) is 0 Å². The second kappa shape index (κ2) is 4.82. The van der Waals surface area contributed by atoms with Crippen molar-refractivity contribution in [2.24, 2.45) is 0 Å². The molecule has 0 bridgehead atoms. The molecule has 4 nitrogen and oxygen atoms in total. The molecule has 98 valence electrons. The highest BCUT2D eigenvalue weighted by molar-refractivity contribution is 7.99. The molecule has 0 aliphatic carbocycles. The van der Waals surface area contributed by atoms with Gasteiger partial charge in [-0.2, -0.15) is 0 Å². The maximum Gasteiger partial charge on any atom is 0.323 e. The number of aliphatic hydroxyl groups is 1. The predicted octanol–water partition coefficient (Wildman–Crippen LogP) is 2.20. The lowest BCUT2D eigenvalue weighted by atomic mass is 10.0. The summed E-state index contributed by atoms with van der Waals surface area (Å²) < 4.78 is 0. The van der Waals surface area contributed by atoms with E-state index in [0.29, 0.717) is 5.88 Å². The fraction of sp³-hybridized carbons (Fsp3) is 0.462. The lowest BCUT2D eigenvalue weighted by molar-refractivity contribution is 0.00778. The number of benzene rings is 1. The van der Waals surface area contributed by atoms with Crippen LogP contribution in [0.5, 0.6) is 0 Å². The van der Waals surface area contributed by atoms with Crippen LogP contribution in [0, 0.1) is 0 Å². The van der Waals surface area contributed by atoms with Gasteiger partial charge in [0.2, 0.25) is 0 Å². The van der Waals surface area contributed by atoms with Crippen molar-refractivity contribution >= 4 is 17.8 Å². The third-order valence-corrected chi connectivity index (χ3v) is 4.32. The van der Waals surface area contributed by atoms with Crippen LogP contribution >= 0.6 is 11.8 Å². The normalized spacial score (nSPS) is 22.7. The summed E-state index contributed by atoms with van der Waals surface area (Å²) in [7, 11) is 1.63. The first kappa shape index (κ1) is 13.2. The molecular formula is C13H18N2O2S. The molecule has 2 amide bonds. The van der Waals surface area contributed by atoms with E-state index in [0.717, 1.165) is 4.90 Å². The van der Waals surface area contributed by atoms with Crippen molar-refractivity contribution in [3.8, 4) is 0 Å². The Morgan fingerprint density at radius 1 is 1.33 bits per heavy atom. The first-order valence-corrected chi connectivity index (χ1v) is 6.83. The number of urea groups is 1. The Kier molecular flexibility index (Phi) is 3.54. The van der Waals surface area contributed by atoms with Gasteiger partial charge < -0.3 is 10.0 Å². The van der Waals surface area contributed by atoms with Gasteiger partial charge in [-0.1, -0.05) is 18.2 Å². The van der Waals surface area contributed by atoms with E-state index in [4.69, 9.17) is 0 Å². The van der Waals surface area contributed by atoms with Gasteiger partial charge >= 0.3 is 6.03 Å². The van der Waals surface area contributed by atoms with Crippen LogP contribution in [0.15, 0.2) is 35.2 Å². The topological polar surface area (TPSA) is 43.8 Å². The standard InChI is InChI=1S/C13H18N2O2S/c1-13(2)11(16)14(3)12(17)15(13)9-18-10-7-5-4-6-8-10/h4-8,11,16H,9H2,1-3H3. The number of hydrogen-bond acceptors (Lipinski definition) is 3. The molecule has 1 aliphatic heterocycles. The van der Waals surface area contributed by atoms with Gasteiger partial charge in [-0.05, 0) is 26.0 Å². The highest BCUT2D eigenvalue weighted by atomic mass is 32.2. The highest BCUT2D eigenvalue weighted by Gasteiger charge is 2.48. The number of carbonyl (C=O) groups excluding carboxylic acids is 1. The second-order valence-electron chi connectivity index (χ2n) is 4.94. The quantitative estimate of drug-likeness (QED) is 0.853. The van der Waals surface area contributed by atoms with E-state index >= 15 is 0 Å². The van der Waals surface area contributed by atoms with Gasteiger partial charge in [0, 0.05) is 11.9 Å². The summed E-state index contributed by atoms with van der Waals surface area (Å²) in [4.78, 5) is 16.2. The Balaban J connectivity index is 2.07. The molecule has 1 saturated heterocycles. The molecule has 0 spiro atoms. The second-order valence-corrected chi connectivity index (χ2v) is 5.95. The molecule has 1 fully saturated rings. The van der Waals surface area contributed by atoms with Crippen molar-refractivity contribution in [1.82, 2.24) is 9.80 Å². The maximum atomic E-state index is 12.0. The number of likely N-dealkylation sites (N-methyl/N-ethyl adjacent to an activating group) is 1. The van der Waals surface area contributed by atoms with Crippen molar-refractivity contribution in [2.75, 3.05) is 12.9 Å². The van der Waals surface area contributed by atoms with Crippen LogP contribution in [-0.2, 0) is 0 Å². The molecule has 18 heavy (non-hydrogen) atoms. The average molecular weight is 266 g/mol. The number of hydrogen-bond donors (Lipinski definition) is 1. The molecule has 1 aliphatic rings. The molecule has 1 aromatic rings. The van der Waals surface area contributed by atoms with Crippen LogP contribution in [-0.4, -0.2) is 45.6 Å². The lowest BCUT2D eigenvalue weighted by Crippen LogP contribution is -2.46. The zero-order valence-corrected chi connectivity index (χ0v) is 11.6. The Morgan fingerprint density at radius 3 is 2.44 bits per heavy atom. The smallest absolute Gasteiger partial charge is 0.323 e. The first-order chi connectivity index (χ1) is 8.44. The summed E-state index contributed by atoms with van der Waals surface area (Å²) in [5.74, 6) is 0.539.